The number of amides is 1. The molecule has 2 nitrogen and oxygen atoms in total. The van der Waals surface area contributed by atoms with Crippen molar-refractivity contribution < 1.29 is 4.79 Å². The second-order valence-electron chi connectivity index (χ2n) is 2.45. The molecular weight excluding hydrogens is 126 g/mol. The Balaban J connectivity index is 2.41. The first-order chi connectivity index (χ1) is 4.84. The lowest BCUT2D eigenvalue weighted by Gasteiger charge is -2.22. The van der Waals surface area contributed by atoms with Crippen molar-refractivity contribution in [1.29, 1.82) is 0 Å². The van der Waals surface area contributed by atoms with Crippen LogP contribution in [0.1, 0.15) is 19.8 Å². The number of rotatable bonds is 1. The lowest BCUT2D eigenvalue weighted by Crippen LogP contribution is -2.32. The predicted octanol–water partition coefficient (Wildman–Crippen LogP) is 1.18. The van der Waals surface area contributed by atoms with Crippen molar-refractivity contribution in [3.63, 3.8) is 0 Å². The van der Waals surface area contributed by atoms with E-state index < -0.39 is 0 Å². The van der Waals surface area contributed by atoms with E-state index in [1.165, 1.54) is 0 Å². The minimum atomic E-state index is 0.268. The Bertz CT molecular complexity index is 151. The summed E-state index contributed by atoms with van der Waals surface area (Å²) in [6, 6.07) is 0. The van der Waals surface area contributed by atoms with Crippen LogP contribution in [-0.2, 0) is 4.79 Å². The minimum Gasteiger partial charge on any atom is -0.339 e. The first kappa shape index (κ1) is 7.32. The van der Waals surface area contributed by atoms with Gasteiger partial charge in [0.1, 0.15) is 0 Å². The third kappa shape index (κ3) is 1.59. The van der Waals surface area contributed by atoms with E-state index in [-0.39, 0.29) is 5.91 Å². The van der Waals surface area contributed by atoms with Gasteiger partial charge in [0.2, 0.25) is 5.91 Å². The van der Waals surface area contributed by atoms with E-state index >= 15 is 0 Å². The van der Waals surface area contributed by atoms with Crippen molar-refractivity contribution >= 4 is 5.91 Å². The Morgan fingerprint density at radius 2 is 2.40 bits per heavy atom. The monoisotopic (exact) mass is 139 g/mol. The van der Waals surface area contributed by atoms with Crippen LogP contribution in [0.4, 0.5) is 0 Å². The second-order valence-corrected chi connectivity index (χ2v) is 2.45. The normalized spacial score (nSPS) is 17.5. The highest BCUT2D eigenvalue weighted by Gasteiger charge is 2.10. The molecule has 1 aliphatic rings. The number of hydrogen-bond donors (Lipinski definition) is 0. The quantitative estimate of drug-likeness (QED) is 0.500. The van der Waals surface area contributed by atoms with Crippen LogP contribution in [0.2, 0.25) is 0 Å². The van der Waals surface area contributed by atoms with Crippen LogP contribution in [0.15, 0.2) is 12.2 Å². The Hall–Kier alpha value is -0.790. The van der Waals surface area contributed by atoms with E-state index in [1.54, 1.807) is 0 Å². The van der Waals surface area contributed by atoms with Crippen LogP contribution in [0.5, 0.6) is 0 Å². The molecule has 0 aromatic carbocycles. The number of carbonyl (C=O) groups is 1. The Morgan fingerprint density at radius 1 is 1.60 bits per heavy atom. The summed E-state index contributed by atoms with van der Waals surface area (Å²) < 4.78 is 0. The Kier molecular flexibility index (Phi) is 2.49. The molecule has 1 aliphatic heterocycles. The first-order valence-corrected chi connectivity index (χ1v) is 3.77. The number of hydrogen-bond acceptors (Lipinski definition) is 1. The molecule has 56 valence electrons. The van der Waals surface area contributed by atoms with E-state index in [0.717, 1.165) is 19.5 Å². The maximum Gasteiger partial charge on any atom is 0.222 e. The topological polar surface area (TPSA) is 20.3 Å². The molecule has 1 rings (SSSR count). The van der Waals surface area contributed by atoms with Gasteiger partial charge in [-0.2, -0.15) is 0 Å². The maximum atomic E-state index is 11.1. The van der Waals surface area contributed by atoms with Crippen LogP contribution in [0.3, 0.4) is 0 Å². The smallest absolute Gasteiger partial charge is 0.222 e. The lowest BCUT2D eigenvalue weighted by atomic mass is 10.2. The Labute approximate surface area is 61.5 Å². The van der Waals surface area contributed by atoms with Gasteiger partial charge in [-0.05, 0) is 6.42 Å². The van der Waals surface area contributed by atoms with Gasteiger partial charge in [0.05, 0.1) is 0 Å². The van der Waals surface area contributed by atoms with E-state index in [9.17, 15) is 4.79 Å². The molecule has 1 heterocycles. The van der Waals surface area contributed by atoms with Crippen LogP contribution in [0, 0.1) is 0 Å². The molecule has 0 aliphatic carbocycles. The zero-order valence-electron chi connectivity index (χ0n) is 6.34. The Morgan fingerprint density at radius 3 is 2.90 bits per heavy atom. The van der Waals surface area contributed by atoms with Gasteiger partial charge in [-0.15, -0.1) is 0 Å². The van der Waals surface area contributed by atoms with E-state index in [2.05, 4.69) is 12.2 Å². The fraction of sp³-hybridized carbons (Fsp3) is 0.625. The molecule has 0 atom stereocenters. The molecule has 0 N–H and O–H groups in total. The lowest BCUT2D eigenvalue weighted by molar-refractivity contribution is -0.130. The summed E-state index contributed by atoms with van der Waals surface area (Å²) in [5.41, 5.74) is 0. The zero-order chi connectivity index (χ0) is 7.40. The summed E-state index contributed by atoms with van der Waals surface area (Å²) in [5.74, 6) is 0.268. The fourth-order valence-corrected chi connectivity index (χ4v) is 1.09. The van der Waals surface area contributed by atoms with Crippen molar-refractivity contribution in [2.24, 2.45) is 0 Å². The molecule has 1 amide bonds. The largest absolute Gasteiger partial charge is 0.339 e. The number of carbonyl (C=O) groups excluding carboxylic acids is 1. The van der Waals surface area contributed by atoms with Crippen LogP contribution < -0.4 is 0 Å². The molecule has 0 aromatic heterocycles. The van der Waals surface area contributed by atoms with Gasteiger partial charge in [-0.3, -0.25) is 4.79 Å². The molecule has 0 unspecified atom stereocenters. The third-order valence-electron chi connectivity index (χ3n) is 1.71. The van der Waals surface area contributed by atoms with Gasteiger partial charge >= 0.3 is 0 Å². The van der Waals surface area contributed by atoms with Crippen molar-refractivity contribution in [1.82, 2.24) is 4.90 Å². The van der Waals surface area contributed by atoms with E-state index in [4.69, 9.17) is 0 Å². The predicted molar refractivity (Wildman–Crippen MR) is 40.6 cm³/mol. The standard InChI is InChI=1S/C8H13NO/c1-2-8(10)9-6-4-3-5-7-9/h3-4H,2,5-7H2,1H3. The summed E-state index contributed by atoms with van der Waals surface area (Å²) in [4.78, 5) is 12.9. The van der Waals surface area contributed by atoms with Gasteiger partial charge in [0, 0.05) is 19.5 Å². The molecule has 10 heavy (non-hydrogen) atoms. The molecule has 0 bridgehead atoms. The van der Waals surface area contributed by atoms with Crippen molar-refractivity contribution in [3.05, 3.63) is 12.2 Å². The molecule has 0 fully saturated rings. The maximum absolute atomic E-state index is 11.1. The summed E-state index contributed by atoms with van der Waals surface area (Å²) in [6.45, 7) is 3.62. The zero-order valence-corrected chi connectivity index (χ0v) is 6.34. The van der Waals surface area contributed by atoms with Gasteiger partial charge in [0.15, 0.2) is 0 Å². The average molecular weight is 139 g/mol. The second kappa shape index (κ2) is 3.40. The molecule has 2 heteroatoms. The molecule has 0 saturated carbocycles. The van der Waals surface area contributed by atoms with E-state index in [0.29, 0.717) is 6.42 Å². The number of nitrogens with zero attached hydrogens (tertiary/aromatic N) is 1. The van der Waals surface area contributed by atoms with Crippen molar-refractivity contribution in [2.75, 3.05) is 13.1 Å². The van der Waals surface area contributed by atoms with Gasteiger partial charge in [-0.1, -0.05) is 19.1 Å². The van der Waals surface area contributed by atoms with Crippen molar-refractivity contribution in [2.45, 2.75) is 19.8 Å². The highest BCUT2D eigenvalue weighted by molar-refractivity contribution is 5.76. The molecule has 0 radical (unpaired) electrons. The average Bonchev–Trinajstić information content (AvgIpc) is 2.05. The minimum absolute atomic E-state index is 0.268. The fourth-order valence-electron chi connectivity index (χ4n) is 1.09. The first-order valence-electron chi connectivity index (χ1n) is 3.77. The van der Waals surface area contributed by atoms with Crippen LogP contribution >= 0.6 is 0 Å². The summed E-state index contributed by atoms with van der Waals surface area (Å²) in [6.07, 6.45) is 5.83. The third-order valence-corrected chi connectivity index (χ3v) is 1.71. The van der Waals surface area contributed by atoms with Gasteiger partial charge in [-0.25, -0.2) is 0 Å². The van der Waals surface area contributed by atoms with Gasteiger partial charge < -0.3 is 4.90 Å². The summed E-state index contributed by atoms with van der Waals surface area (Å²) in [5, 5.41) is 0. The van der Waals surface area contributed by atoms with E-state index in [1.807, 2.05) is 11.8 Å². The molecule has 0 spiro atoms. The van der Waals surface area contributed by atoms with Crippen molar-refractivity contribution in [3.8, 4) is 0 Å². The van der Waals surface area contributed by atoms with Crippen LogP contribution in [-0.4, -0.2) is 23.9 Å². The SMILES string of the molecule is CCC(=O)N1CC=CCC1. The molecule has 0 aromatic rings. The summed E-state index contributed by atoms with van der Waals surface area (Å²) >= 11 is 0. The highest BCUT2D eigenvalue weighted by atomic mass is 16.2. The summed E-state index contributed by atoms with van der Waals surface area (Å²) in [7, 11) is 0. The molecule has 0 saturated heterocycles. The highest BCUT2D eigenvalue weighted by Crippen LogP contribution is 2.02. The van der Waals surface area contributed by atoms with Gasteiger partial charge in [0.25, 0.3) is 0 Å². The molecular formula is C8H13NO. The van der Waals surface area contributed by atoms with Crippen LogP contribution in [0.25, 0.3) is 0 Å².